The fourth-order valence-electron chi connectivity index (χ4n) is 3.55. The van der Waals surface area contributed by atoms with Crippen LogP contribution < -0.4 is 16.0 Å². The number of aliphatic hydroxyl groups is 1. The van der Waals surface area contributed by atoms with E-state index in [-0.39, 0.29) is 36.0 Å². The van der Waals surface area contributed by atoms with Crippen LogP contribution in [-0.4, -0.2) is 48.3 Å². The second kappa shape index (κ2) is 12.7. The van der Waals surface area contributed by atoms with E-state index in [0.29, 0.717) is 25.0 Å². The number of halogens is 1. The van der Waals surface area contributed by atoms with Crippen LogP contribution in [0.3, 0.4) is 0 Å². The van der Waals surface area contributed by atoms with Crippen molar-refractivity contribution in [2.24, 2.45) is 4.99 Å². The Balaban J connectivity index is 0.00000312. The molecule has 1 amide bonds. The van der Waals surface area contributed by atoms with E-state index in [1.807, 2.05) is 6.92 Å². The highest BCUT2D eigenvalue weighted by Gasteiger charge is 2.20. The molecule has 4 N–H and O–H groups in total. The van der Waals surface area contributed by atoms with Gasteiger partial charge < -0.3 is 21.1 Å². The summed E-state index contributed by atoms with van der Waals surface area (Å²) >= 11 is 0. The molecule has 6 nitrogen and oxygen atoms in total. The molecule has 7 heteroatoms. The first-order chi connectivity index (χ1) is 11.7. The van der Waals surface area contributed by atoms with E-state index in [2.05, 4.69) is 20.9 Å². The van der Waals surface area contributed by atoms with Gasteiger partial charge in [0.2, 0.25) is 5.91 Å². The summed E-state index contributed by atoms with van der Waals surface area (Å²) in [7, 11) is 0. The molecule has 0 unspecified atom stereocenters. The summed E-state index contributed by atoms with van der Waals surface area (Å²) in [6, 6.07) is 0.734. The smallest absolute Gasteiger partial charge is 0.222 e. The summed E-state index contributed by atoms with van der Waals surface area (Å²) in [6.45, 7) is 3.34. The fourth-order valence-corrected chi connectivity index (χ4v) is 3.55. The lowest BCUT2D eigenvalue weighted by Crippen LogP contribution is -2.45. The predicted octanol–water partition coefficient (Wildman–Crippen LogP) is 2.30. The van der Waals surface area contributed by atoms with Crippen molar-refractivity contribution in [3.05, 3.63) is 0 Å². The zero-order chi connectivity index (χ0) is 17.2. The normalized spacial score (nSPS) is 25.0. The van der Waals surface area contributed by atoms with Crippen molar-refractivity contribution in [3.63, 3.8) is 0 Å². The standard InChI is InChI=1S/C18H34N4O2.HI/c1-2-19-18(22-15-8-10-16(23)11-9-15)20-13-12-17(24)21-14-6-4-3-5-7-14;/h14-16,23H,2-13H2,1H3,(H,21,24)(H2,19,20,22);1H. The minimum absolute atomic E-state index is 0. The van der Waals surface area contributed by atoms with Crippen molar-refractivity contribution in [2.45, 2.75) is 89.3 Å². The predicted molar refractivity (Wildman–Crippen MR) is 112 cm³/mol. The van der Waals surface area contributed by atoms with E-state index >= 15 is 0 Å². The number of nitrogens with zero attached hydrogens (tertiary/aromatic N) is 1. The van der Waals surface area contributed by atoms with Crippen LogP contribution in [-0.2, 0) is 4.79 Å². The SMILES string of the molecule is CCNC(=NCCC(=O)NC1CCCCC1)NC1CCC(O)CC1.I. The first-order valence-electron chi connectivity index (χ1n) is 9.69. The maximum atomic E-state index is 12.0. The third-order valence-electron chi connectivity index (χ3n) is 4.96. The number of amides is 1. The highest BCUT2D eigenvalue weighted by molar-refractivity contribution is 14.0. The molecular weight excluding hydrogens is 431 g/mol. The summed E-state index contributed by atoms with van der Waals surface area (Å²) in [5.41, 5.74) is 0. The van der Waals surface area contributed by atoms with E-state index < -0.39 is 0 Å². The average Bonchev–Trinajstić information content (AvgIpc) is 2.58. The summed E-state index contributed by atoms with van der Waals surface area (Å²) in [6.07, 6.45) is 9.92. The van der Waals surface area contributed by atoms with Crippen molar-refractivity contribution in [2.75, 3.05) is 13.1 Å². The van der Waals surface area contributed by atoms with Gasteiger partial charge in [0.25, 0.3) is 0 Å². The zero-order valence-electron chi connectivity index (χ0n) is 15.4. The molecule has 2 aliphatic rings. The zero-order valence-corrected chi connectivity index (χ0v) is 17.8. The van der Waals surface area contributed by atoms with Gasteiger partial charge in [0.05, 0.1) is 12.6 Å². The summed E-state index contributed by atoms with van der Waals surface area (Å²) in [4.78, 5) is 16.6. The lowest BCUT2D eigenvalue weighted by Gasteiger charge is -2.27. The second-order valence-corrected chi connectivity index (χ2v) is 7.06. The van der Waals surface area contributed by atoms with E-state index in [0.717, 1.165) is 51.0 Å². The van der Waals surface area contributed by atoms with Crippen molar-refractivity contribution in [1.29, 1.82) is 0 Å². The van der Waals surface area contributed by atoms with Crippen molar-refractivity contribution in [3.8, 4) is 0 Å². The molecule has 146 valence electrons. The number of aliphatic imine (C=N–C) groups is 1. The average molecular weight is 466 g/mol. The molecule has 25 heavy (non-hydrogen) atoms. The number of nitrogens with one attached hydrogen (secondary N) is 3. The molecule has 0 aliphatic heterocycles. The van der Waals surface area contributed by atoms with Crippen LogP contribution in [0.5, 0.6) is 0 Å². The molecule has 0 radical (unpaired) electrons. The molecule has 2 aliphatic carbocycles. The number of carbonyl (C=O) groups excluding carboxylic acids is 1. The van der Waals surface area contributed by atoms with Gasteiger partial charge in [-0.1, -0.05) is 19.3 Å². The van der Waals surface area contributed by atoms with Gasteiger partial charge in [-0.15, -0.1) is 24.0 Å². The third kappa shape index (κ3) is 9.08. The summed E-state index contributed by atoms with van der Waals surface area (Å²) in [5, 5.41) is 19.4. The van der Waals surface area contributed by atoms with E-state index in [9.17, 15) is 9.90 Å². The maximum Gasteiger partial charge on any atom is 0.222 e. The Labute approximate surface area is 169 Å². The first kappa shape index (κ1) is 22.5. The molecule has 0 heterocycles. The number of hydrogen-bond donors (Lipinski definition) is 4. The summed E-state index contributed by atoms with van der Waals surface area (Å²) in [5.74, 6) is 0.895. The molecule has 0 aromatic rings. The van der Waals surface area contributed by atoms with Gasteiger partial charge in [0, 0.05) is 25.0 Å². The van der Waals surface area contributed by atoms with Gasteiger partial charge in [-0.05, 0) is 45.4 Å². The molecule has 0 saturated heterocycles. The van der Waals surface area contributed by atoms with Gasteiger partial charge >= 0.3 is 0 Å². The van der Waals surface area contributed by atoms with Crippen molar-refractivity contribution < 1.29 is 9.90 Å². The Morgan fingerprint density at radius 2 is 1.64 bits per heavy atom. The van der Waals surface area contributed by atoms with Gasteiger partial charge in [-0.3, -0.25) is 9.79 Å². The quantitative estimate of drug-likeness (QED) is 0.275. The second-order valence-electron chi connectivity index (χ2n) is 7.06. The molecule has 0 bridgehead atoms. The van der Waals surface area contributed by atoms with Crippen LogP contribution in [0.25, 0.3) is 0 Å². The first-order valence-corrected chi connectivity index (χ1v) is 9.69. The lowest BCUT2D eigenvalue weighted by molar-refractivity contribution is -0.121. The molecule has 0 aromatic carbocycles. The molecule has 0 atom stereocenters. The van der Waals surface area contributed by atoms with Gasteiger partial charge in [0.1, 0.15) is 0 Å². The Morgan fingerprint density at radius 1 is 1.00 bits per heavy atom. The van der Waals surface area contributed by atoms with Crippen LogP contribution >= 0.6 is 24.0 Å². The van der Waals surface area contributed by atoms with Crippen LogP contribution in [0.15, 0.2) is 4.99 Å². The molecule has 0 spiro atoms. The number of carbonyl (C=O) groups is 1. The van der Waals surface area contributed by atoms with E-state index in [1.165, 1.54) is 19.3 Å². The van der Waals surface area contributed by atoms with Crippen LogP contribution in [0.1, 0.15) is 71.1 Å². The molecule has 2 fully saturated rings. The molecule has 2 saturated carbocycles. The minimum Gasteiger partial charge on any atom is -0.393 e. The Hall–Kier alpha value is -0.570. The number of rotatable bonds is 6. The Morgan fingerprint density at radius 3 is 2.28 bits per heavy atom. The Kier molecular flexibility index (Phi) is 11.4. The molecular formula is C18H35IN4O2. The monoisotopic (exact) mass is 466 g/mol. The number of aliphatic hydroxyl groups excluding tert-OH is 1. The van der Waals surface area contributed by atoms with Crippen molar-refractivity contribution in [1.82, 2.24) is 16.0 Å². The van der Waals surface area contributed by atoms with Gasteiger partial charge in [-0.25, -0.2) is 0 Å². The molecule has 0 aromatic heterocycles. The van der Waals surface area contributed by atoms with E-state index in [4.69, 9.17) is 0 Å². The topological polar surface area (TPSA) is 85.8 Å². The Bertz CT molecular complexity index is 406. The maximum absolute atomic E-state index is 12.0. The highest BCUT2D eigenvalue weighted by atomic mass is 127. The largest absolute Gasteiger partial charge is 0.393 e. The molecule has 2 rings (SSSR count). The number of guanidine groups is 1. The van der Waals surface area contributed by atoms with Crippen molar-refractivity contribution >= 4 is 35.8 Å². The van der Waals surface area contributed by atoms with Gasteiger partial charge in [0.15, 0.2) is 5.96 Å². The van der Waals surface area contributed by atoms with E-state index in [1.54, 1.807) is 0 Å². The summed E-state index contributed by atoms with van der Waals surface area (Å²) < 4.78 is 0. The fraction of sp³-hybridized carbons (Fsp3) is 0.889. The highest BCUT2D eigenvalue weighted by Crippen LogP contribution is 2.18. The number of hydrogen-bond acceptors (Lipinski definition) is 3. The lowest BCUT2D eigenvalue weighted by atomic mass is 9.93. The minimum atomic E-state index is -0.147. The van der Waals surface area contributed by atoms with Crippen LogP contribution in [0.4, 0.5) is 0 Å². The van der Waals surface area contributed by atoms with Gasteiger partial charge in [-0.2, -0.15) is 0 Å². The van der Waals surface area contributed by atoms with Crippen LogP contribution in [0, 0.1) is 0 Å². The third-order valence-corrected chi connectivity index (χ3v) is 4.96. The van der Waals surface area contributed by atoms with Crippen LogP contribution in [0.2, 0.25) is 0 Å².